The van der Waals surface area contributed by atoms with Gasteiger partial charge in [0.25, 0.3) is 5.56 Å². The molecule has 158 valence electrons. The third-order valence-corrected chi connectivity index (χ3v) is 5.44. The Bertz CT molecular complexity index is 1220. The van der Waals surface area contributed by atoms with Crippen molar-refractivity contribution in [3.63, 3.8) is 0 Å². The average molecular weight is 436 g/mol. The molecule has 0 bridgehead atoms. The average Bonchev–Trinajstić information content (AvgIpc) is 3.44. The van der Waals surface area contributed by atoms with Gasteiger partial charge in [-0.05, 0) is 24.1 Å². The van der Waals surface area contributed by atoms with Crippen LogP contribution in [0.5, 0.6) is 0 Å². The fourth-order valence-electron chi connectivity index (χ4n) is 2.97. The molecule has 0 spiro atoms. The van der Waals surface area contributed by atoms with Crippen LogP contribution in [-0.4, -0.2) is 31.4 Å². The van der Waals surface area contributed by atoms with Crippen molar-refractivity contribution in [3.05, 3.63) is 82.5 Å². The Kier molecular flexibility index (Phi) is 6.32. The van der Waals surface area contributed by atoms with E-state index in [-0.39, 0.29) is 23.2 Å². The zero-order chi connectivity index (χ0) is 21.6. The van der Waals surface area contributed by atoms with Crippen LogP contribution in [-0.2, 0) is 17.0 Å². The van der Waals surface area contributed by atoms with Gasteiger partial charge in [0.15, 0.2) is 5.76 Å². The van der Waals surface area contributed by atoms with Crippen molar-refractivity contribution < 1.29 is 9.21 Å². The fourth-order valence-corrected chi connectivity index (χ4v) is 3.75. The predicted molar refractivity (Wildman–Crippen MR) is 120 cm³/mol. The number of aromatic amines is 1. The molecule has 2 N–H and O–H groups in total. The van der Waals surface area contributed by atoms with Crippen LogP contribution in [0.4, 0.5) is 5.82 Å². The molecule has 4 aromatic rings. The smallest absolute Gasteiger partial charge is 0.252 e. The number of amides is 1. The van der Waals surface area contributed by atoms with E-state index >= 15 is 0 Å². The number of aromatic nitrogens is 4. The molecule has 1 amide bonds. The summed E-state index contributed by atoms with van der Waals surface area (Å²) in [5, 5.41) is 7.36. The number of rotatable bonds is 8. The van der Waals surface area contributed by atoms with Crippen molar-refractivity contribution in [2.45, 2.75) is 19.1 Å². The molecule has 9 heteroatoms. The van der Waals surface area contributed by atoms with Gasteiger partial charge in [0.1, 0.15) is 11.5 Å². The lowest BCUT2D eigenvalue weighted by Gasteiger charge is -2.09. The number of hydrogen-bond acceptors (Lipinski definition) is 6. The van der Waals surface area contributed by atoms with E-state index in [1.807, 2.05) is 37.3 Å². The van der Waals surface area contributed by atoms with Crippen molar-refractivity contribution >= 4 is 23.5 Å². The lowest BCUT2D eigenvalue weighted by Crippen LogP contribution is -2.20. The second-order valence-corrected chi connectivity index (χ2v) is 7.73. The van der Waals surface area contributed by atoms with E-state index in [0.29, 0.717) is 29.4 Å². The van der Waals surface area contributed by atoms with Gasteiger partial charge in [0, 0.05) is 23.6 Å². The molecule has 0 unspecified atom stereocenters. The van der Waals surface area contributed by atoms with E-state index in [0.717, 1.165) is 11.3 Å². The van der Waals surface area contributed by atoms with Gasteiger partial charge in [-0.15, -0.1) is 11.8 Å². The summed E-state index contributed by atoms with van der Waals surface area (Å²) in [7, 11) is 0. The Hall–Kier alpha value is -3.59. The summed E-state index contributed by atoms with van der Waals surface area (Å²) >= 11 is 1.51. The molecule has 0 aliphatic rings. The summed E-state index contributed by atoms with van der Waals surface area (Å²) in [5.74, 6) is 2.00. The monoisotopic (exact) mass is 435 g/mol. The molecule has 3 heterocycles. The summed E-state index contributed by atoms with van der Waals surface area (Å²) in [6.07, 6.45) is 2.14. The largest absolute Gasteiger partial charge is 0.463 e. The molecule has 0 saturated carbocycles. The number of carbonyl (C=O) groups is 1. The maximum atomic E-state index is 12.6. The maximum absolute atomic E-state index is 12.6. The van der Waals surface area contributed by atoms with Crippen LogP contribution in [0.1, 0.15) is 18.2 Å². The van der Waals surface area contributed by atoms with E-state index in [9.17, 15) is 9.59 Å². The number of thioether (sulfide) groups is 1. The minimum Gasteiger partial charge on any atom is -0.463 e. The van der Waals surface area contributed by atoms with Gasteiger partial charge in [0.2, 0.25) is 11.9 Å². The normalized spacial score (nSPS) is 10.9. The third-order valence-electron chi connectivity index (χ3n) is 4.44. The molecule has 0 fully saturated rings. The third kappa shape index (κ3) is 5.13. The highest BCUT2D eigenvalue weighted by Crippen LogP contribution is 2.24. The highest BCUT2D eigenvalue weighted by atomic mass is 32.2. The summed E-state index contributed by atoms with van der Waals surface area (Å²) in [5.41, 5.74) is 2.02. The van der Waals surface area contributed by atoms with Crippen LogP contribution >= 0.6 is 11.8 Å². The first-order valence-corrected chi connectivity index (χ1v) is 10.9. The highest BCUT2D eigenvalue weighted by molar-refractivity contribution is 7.99. The molecule has 0 aliphatic heterocycles. The van der Waals surface area contributed by atoms with E-state index < -0.39 is 0 Å². The van der Waals surface area contributed by atoms with Crippen molar-refractivity contribution in [1.82, 2.24) is 19.7 Å². The van der Waals surface area contributed by atoms with Crippen molar-refractivity contribution in [3.8, 4) is 17.4 Å². The molecule has 0 radical (unpaired) electrons. The first kappa shape index (κ1) is 20.7. The lowest BCUT2D eigenvalue weighted by molar-refractivity contribution is -0.113. The Labute approximate surface area is 182 Å². The molecule has 0 saturated heterocycles. The fraction of sp³-hybridized carbons (Fsp3) is 0.182. The lowest BCUT2D eigenvalue weighted by atomic mass is 10.2. The molecular weight excluding hydrogens is 414 g/mol. The van der Waals surface area contributed by atoms with Crippen molar-refractivity contribution in [1.29, 1.82) is 0 Å². The van der Waals surface area contributed by atoms with Gasteiger partial charge in [-0.2, -0.15) is 9.78 Å². The van der Waals surface area contributed by atoms with Crippen LogP contribution in [0.25, 0.3) is 17.4 Å². The van der Waals surface area contributed by atoms with Gasteiger partial charge >= 0.3 is 0 Å². The van der Waals surface area contributed by atoms with Crippen molar-refractivity contribution in [2.75, 3.05) is 11.1 Å². The standard InChI is InChI=1S/C22H21N5O3S/c1-2-16-11-20(28)25-22(23-16)27-19(12-17(26-27)18-9-6-10-30-18)24-21(29)14-31-13-15-7-4-3-5-8-15/h3-12H,2,13-14H2,1H3,(H,24,29)(H,23,25,28). The molecule has 0 atom stereocenters. The van der Waals surface area contributed by atoms with Crippen LogP contribution in [0.15, 0.2) is 70.1 Å². The SMILES string of the molecule is CCc1cc(=O)[nH]c(-n2nc(-c3ccco3)cc2NC(=O)CSCc2ccccc2)n1. The molecule has 31 heavy (non-hydrogen) atoms. The summed E-state index contributed by atoms with van der Waals surface area (Å²) in [4.78, 5) is 31.8. The second kappa shape index (κ2) is 9.48. The summed E-state index contributed by atoms with van der Waals surface area (Å²) in [6, 6.07) is 16.6. The number of nitrogens with one attached hydrogen (secondary N) is 2. The number of furan rings is 1. The second-order valence-electron chi connectivity index (χ2n) is 6.74. The van der Waals surface area contributed by atoms with Crippen LogP contribution in [0.3, 0.4) is 0 Å². The van der Waals surface area contributed by atoms with Crippen LogP contribution in [0.2, 0.25) is 0 Å². The predicted octanol–water partition coefficient (Wildman–Crippen LogP) is 3.65. The van der Waals surface area contributed by atoms with E-state index in [1.54, 1.807) is 24.5 Å². The Morgan fingerprint density at radius 2 is 2.03 bits per heavy atom. The number of anilines is 1. The summed E-state index contributed by atoms with van der Waals surface area (Å²) in [6.45, 7) is 1.91. The summed E-state index contributed by atoms with van der Waals surface area (Å²) < 4.78 is 6.84. The van der Waals surface area contributed by atoms with Crippen molar-refractivity contribution in [2.24, 2.45) is 0 Å². The number of nitrogens with zero attached hydrogens (tertiary/aromatic N) is 3. The van der Waals surface area contributed by atoms with E-state index in [4.69, 9.17) is 4.42 Å². The number of carbonyl (C=O) groups excluding carboxylic acids is 1. The first-order valence-electron chi connectivity index (χ1n) is 9.78. The Morgan fingerprint density at radius 3 is 2.77 bits per heavy atom. The van der Waals surface area contributed by atoms with Gasteiger partial charge in [-0.1, -0.05) is 37.3 Å². The molecule has 0 aliphatic carbocycles. The quantitative estimate of drug-likeness (QED) is 0.438. The zero-order valence-electron chi connectivity index (χ0n) is 16.9. The van der Waals surface area contributed by atoms with Gasteiger partial charge in [0.05, 0.1) is 12.0 Å². The number of benzene rings is 1. The highest BCUT2D eigenvalue weighted by Gasteiger charge is 2.17. The number of hydrogen-bond donors (Lipinski definition) is 2. The van der Waals surface area contributed by atoms with Crippen LogP contribution < -0.4 is 10.9 Å². The van der Waals surface area contributed by atoms with E-state index in [2.05, 4.69) is 20.4 Å². The van der Waals surface area contributed by atoms with E-state index in [1.165, 1.54) is 22.5 Å². The minimum absolute atomic E-state index is 0.179. The Morgan fingerprint density at radius 1 is 1.19 bits per heavy atom. The zero-order valence-corrected chi connectivity index (χ0v) is 17.7. The maximum Gasteiger partial charge on any atom is 0.252 e. The minimum atomic E-state index is -0.285. The molecule has 1 aromatic carbocycles. The molecule has 4 rings (SSSR count). The number of H-pyrrole nitrogens is 1. The van der Waals surface area contributed by atoms with Gasteiger partial charge < -0.3 is 9.73 Å². The molecule has 3 aromatic heterocycles. The number of aryl methyl sites for hydroxylation is 1. The Balaban J connectivity index is 1.56. The molecular formula is C22H21N5O3S. The first-order chi connectivity index (χ1) is 15.1. The van der Waals surface area contributed by atoms with Gasteiger partial charge in [-0.25, -0.2) is 4.98 Å². The molecule has 8 nitrogen and oxygen atoms in total. The topological polar surface area (TPSA) is 106 Å². The van der Waals surface area contributed by atoms with Crippen LogP contribution in [0, 0.1) is 0 Å². The van der Waals surface area contributed by atoms with Gasteiger partial charge in [-0.3, -0.25) is 14.6 Å².